The van der Waals surface area contributed by atoms with Gasteiger partial charge < -0.3 is 5.32 Å². The topological polar surface area (TPSA) is 110 Å². The fraction of sp³-hybridized carbons (Fsp3) is 0.556. The average Bonchev–Trinajstić information content (AvgIpc) is 2.20. The molecule has 0 aliphatic carbocycles. The highest BCUT2D eigenvalue weighted by Crippen LogP contribution is 1.98. The fourth-order valence-corrected chi connectivity index (χ4v) is 1.27. The van der Waals surface area contributed by atoms with Crippen LogP contribution in [0.1, 0.15) is 13.8 Å². The Morgan fingerprint density at radius 3 is 2.71 bits per heavy atom. The predicted octanol–water partition coefficient (Wildman–Crippen LogP) is -0.557. The molecule has 0 saturated carbocycles. The second kappa shape index (κ2) is 5.39. The van der Waals surface area contributed by atoms with Crippen LogP contribution < -0.4 is 16.6 Å². The molecule has 2 N–H and O–H groups in total. The van der Waals surface area contributed by atoms with Crippen LogP contribution in [0.15, 0.2) is 15.8 Å². The highest BCUT2D eigenvalue weighted by molar-refractivity contribution is 5.20. The van der Waals surface area contributed by atoms with E-state index in [0.717, 1.165) is 10.8 Å². The number of hydrogen-bond acceptors (Lipinski definition) is 5. The van der Waals surface area contributed by atoms with E-state index < -0.39 is 21.9 Å². The summed E-state index contributed by atoms with van der Waals surface area (Å²) in [5.41, 5.74) is -2.26. The normalized spacial score (nSPS) is 10.8. The van der Waals surface area contributed by atoms with Crippen molar-refractivity contribution < 1.29 is 4.92 Å². The number of aromatic amines is 1. The molecule has 0 unspecified atom stereocenters. The molecule has 0 spiro atoms. The van der Waals surface area contributed by atoms with Gasteiger partial charge in [0, 0.05) is 19.1 Å². The maximum absolute atomic E-state index is 11.3. The van der Waals surface area contributed by atoms with E-state index in [0.29, 0.717) is 6.54 Å². The average molecular weight is 242 g/mol. The van der Waals surface area contributed by atoms with Gasteiger partial charge in [-0.15, -0.1) is 0 Å². The minimum absolute atomic E-state index is 0.253. The van der Waals surface area contributed by atoms with Crippen molar-refractivity contribution >= 4 is 5.69 Å². The van der Waals surface area contributed by atoms with Crippen LogP contribution in [0.5, 0.6) is 0 Å². The van der Waals surface area contributed by atoms with Gasteiger partial charge in [0.1, 0.15) is 0 Å². The van der Waals surface area contributed by atoms with Gasteiger partial charge in [0.2, 0.25) is 0 Å². The third-order valence-corrected chi connectivity index (χ3v) is 2.09. The van der Waals surface area contributed by atoms with Gasteiger partial charge in [0.15, 0.2) is 0 Å². The molecule has 0 fully saturated rings. The summed E-state index contributed by atoms with van der Waals surface area (Å²) in [6.07, 6.45) is 0.961. The van der Waals surface area contributed by atoms with E-state index in [1.54, 1.807) is 0 Å². The molecular formula is C9H14N4O4. The van der Waals surface area contributed by atoms with E-state index in [1.165, 1.54) is 0 Å². The number of aromatic nitrogens is 2. The lowest BCUT2D eigenvalue weighted by Crippen LogP contribution is -2.35. The van der Waals surface area contributed by atoms with Crippen LogP contribution in [0.2, 0.25) is 0 Å². The third kappa shape index (κ3) is 3.52. The molecule has 1 aromatic rings. The smallest absolute Gasteiger partial charge is 0.313 e. The zero-order valence-corrected chi connectivity index (χ0v) is 9.60. The summed E-state index contributed by atoms with van der Waals surface area (Å²) < 4.78 is 1.11. The van der Waals surface area contributed by atoms with E-state index in [2.05, 4.69) is 5.32 Å². The first-order valence-corrected chi connectivity index (χ1v) is 5.13. The van der Waals surface area contributed by atoms with Gasteiger partial charge >= 0.3 is 16.9 Å². The summed E-state index contributed by atoms with van der Waals surface area (Å²) in [5, 5.41) is 13.6. The minimum Gasteiger partial charge on any atom is -0.313 e. The van der Waals surface area contributed by atoms with Crippen molar-refractivity contribution in [3.05, 3.63) is 37.1 Å². The Morgan fingerprint density at radius 1 is 1.53 bits per heavy atom. The van der Waals surface area contributed by atoms with Crippen molar-refractivity contribution in [1.29, 1.82) is 0 Å². The van der Waals surface area contributed by atoms with Crippen LogP contribution in [0.3, 0.4) is 0 Å². The molecule has 0 bridgehead atoms. The van der Waals surface area contributed by atoms with Crippen LogP contribution in [0, 0.1) is 10.1 Å². The minimum atomic E-state index is -0.979. The Bertz CT molecular complexity index is 516. The van der Waals surface area contributed by atoms with Crippen molar-refractivity contribution in [2.75, 3.05) is 6.54 Å². The molecule has 0 amide bonds. The molecule has 1 heterocycles. The third-order valence-electron chi connectivity index (χ3n) is 2.09. The lowest BCUT2D eigenvalue weighted by molar-refractivity contribution is -0.386. The molecule has 94 valence electrons. The Labute approximate surface area is 96.4 Å². The summed E-state index contributed by atoms with van der Waals surface area (Å²) in [6.45, 7) is 4.63. The molecule has 0 aliphatic heterocycles. The van der Waals surface area contributed by atoms with Crippen molar-refractivity contribution in [1.82, 2.24) is 14.9 Å². The van der Waals surface area contributed by atoms with E-state index >= 15 is 0 Å². The number of hydrogen-bond donors (Lipinski definition) is 2. The first kappa shape index (κ1) is 13.1. The quantitative estimate of drug-likeness (QED) is 0.531. The Hall–Kier alpha value is -1.96. The van der Waals surface area contributed by atoms with Crippen LogP contribution >= 0.6 is 0 Å². The van der Waals surface area contributed by atoms with Crippen LogP contribution in [0.4, 0.5) is 5.69 Å². The predicted molar refractivity (Wildman–Crippen MR) is 61.1 cm³/mol. The van der Waals surface area contributed by atoms with Crippen LogP contribution in [-0.4, -0.2) is 27.1 Å². The largest absolute Gasteiger partial charge is 0.350 e. The molecular weight excluding hydrogens is 228 g/mol. The molecule has 17 heavy (non-hydrogen) atoms. The van der Waals surface area contributed by atoms with E-state index in [9.17, 15) is 19.7 Å². The Kier molecular flexibility index (Phi) is 4.16. The lowest BCUT2D eigenvalue weighted by Gasteiger charge is -2.08. The zero-order chi connectivity index (χ0) is 13.0. The van der Waals surface area contributed by atoms with Crippen LogP contribution in [-0.2, 0) is 6.54 Å². The number of H-pyrrole nitrogens is 1. The first-order valence-electron chi connectivity index (χ1n) is 5.13. The highest BCUT2D eigenvalue weighted by atomic mass is 16.6. The van der Waals surface area contributed by atoms with E-state index in [4.69, 9.17) is 0 Å². The standard InChI is InChI=1S/C9H14N4O4/c1-6(2)10-3-4-12-5-7(13(16)17)8(14)11-9(12)15/h5-6,10H,3-4H2,1-2H3,(H,11,14,15). The lowest BCUT2D eigenvalue weighted by atomic mass is 10.4. The summed E-state index contributed by atoms with van der Waals surface area (Å²) in [5.74, 6) is 0. The monoisotopic (exact) mass is 242 g/mol. The van der Waals surface area contributed by atoms with Gasteiger partial charge in [-0.3, -0.25) is 24.5 Å². The molecule has 1 rings (SSSR count). The summed E-state index contributed by atoms with van der Waals surface area (Å²) in [4.78, 5) is 34.1. The second-order valence-corrected chi connectivity index (χ2v) is 3.83. The zero-order valence-electron chi connectivity index (χ0n) is 9.60. The van der Waals surface area contributed by atoms with Crippen molar-refractivity contribution in [2.24, 2.45) is 0 Å². The molecule has 0 aliphatic rings. The Balaban J connectivity index is 2.93. The van der Waals surface area contributed by atoms with E-state index in [1.807, 2.05) is 18.8 Å². The van der Waals surface area contributed by atoms with Crippen molar-refractivity contribution in [3.63, 3.8) is 0 Å². The van der Waals surface area contributed by atoms with E-state index in [-0.39, 0.29) is 12.6 Å². The van der Waals surface area contributed by atoms with Crippen molar-refractivity contribution in [2.45, 2.75) is 26.4 Å². The van der Waals surface area contributed by atoms with Gasteiger partial charge in [-0.05, 0) is 0 Å². The second-order valence-electron chi connectivity index (χ2n) is 3.83. The molecule has 8 heteroatoms. The van der Waals surface area contributed by atoms with Crippen LogP contribution in [0.25, 0.3) is 0 Å². The number of nitro groups is 1. The Morgan fingerprint density at radius 2 is 2.18 bits per heavy atom. The summed E-state index contributed by atoms with van der Waals surface area (Å²) in [6, 6.07) is 0.253. The summed E-state index contributed by atoms with van der Waals surface area (Å²) >= 11 is 0. The SMILES string of the molecule is CC(C)NCCn1cc([N+](=O)[O-])c(=O)[nH]c1=O. The van der Waals surface area contributed by atoms with Gasteiger partial charge in [0.25, 0.3) is 0 Å². The highest BCUT2D eigenvalue weighted by Gasteiger charge is 2.14. The number of rotatable bonds is 5. The fourth-order valence-electron chi connectivity index (χ4n) is 1.27. The van der Waals surface area contributed by atoms with Crippen molar-refractivity contribution in [3.8, 4) is 0 Å². The van der Waals surface area contributed by atoms with Gasteiger partial charge in [-0.2, -0.15) is 0 Å². The number of nitrogens with zero attached hydrogens (tertiary/aromatic N) is 2. The first-order chi connectivity index (χ1) is 7.91. The van der Waals surface area contributed by atoms with Gasteiger partial charge in [-0.1, -0.05) is 13.8 Å². The molecule has 8 nitrogen and oxygen atoms in total. The van der Waals surface area contributed by atoms with Gasteiger partial charge in [0.05, 0.1) is 11.1 Å². The molecule has 0 atom stereocenters. The number of nitrogens with one attached hydrogen (secondary N) is 2. The van der Waals surface area contributed by atoms with Gasteiger partial charge in [-0.25, -0.2) is 4.79 Å². The molecule has 1 aromatic heterocycles. The maximum Gasteiger partial charge on any atom is 0.350 e. The summed E-state index contributed by atoms with van der Waals surface area (Å²) in [7, 11) is 0. The molecule has 0 saturated heterocycles. The maximum atomic E-state index is 11.3. The molecule has 0 aromatic carbocycles. The molecule has 0 radical (unpaired) electrons.